The van der Waals surface area contributed by atoms with E-state index < -0.39 is 18.0 Å². The fraction of sp³-hybridized carbons (Fsp3) is 0.533. The number of ether oxygens (including phenoxy) is 1. The molecule has 1 aliphatic rings. The maximum absolute atomic E-state index is 13.7. The van der Waals surface area contributed by atoms with Crippen molar-refractivity contribution in [1.82, 2.24) is 4.90 Å². The summed E-state index contributed by atoms with van der Waals surface area (Å²) in [7, 11) is 0. The predicted molar refractivity (Wildman–Crippen MR) is 99.9 cm³/mol. The summed E-state index contributed by atoms with van der Waals surface area (Å²) in [6.45, 7) is 1.12. The molecule has 1 unspecified atom stereocenters. The molecule has 0 radical (unpaired) electrons. The maximum atomic E-state index is 13.7. The smallest absolute Gasteiger partial charge is 0.239 e. The average molecular weight is 418 g/mol. The number of carbonyl (C=O) groups is 1. The molecule has 136 valence electrons. The number of hydrogen-bond donors (Lipinski definition) is 1. The van der Waals surface area contributed by atoms with Crippen molar-refractivity contribution < 1.29 is 13.9 Å². The van der Waals surface area contributed by atoms with Crippen LogP contribution in [0.4, 0.5) is 4.39 Å². The fourth-order valence-corrected chi connectivity index (χ4v) is 3.42. The molecule has 1 fully saturated rings. The SMILES string of the molecule is CSCC[C@H](N)C(=O)N1CCOC(c2cc(F)c(Cl)cc2Cl)C1.Cl. The van der Waals surface area contributed by atoms with E-state index in [4.69, 9.17) is 33.7 Å². The molecular weight excluding hydrogens is 398 g/mol. The Kier molecular flexibility index (Phi) is 9.12. The molecule has 1 aromatic carbocycles. The van der Waals surface area contributed by atoms with Gasteiger partial charge in [0, 0.05) is 17.1 Å². The lowest BCUT2D eigenvalue weighted by Crippen LogP contribution is -2.49. The standard InChI is InChI=1S/C15H19Cl2FN2O2S.ClH/c1-23-5-2-13(19)15(21)20-3-4-22-14(8-20)9-6-12(18)11(17)7-10(9)16;/h6-7,13-14H,2-5,8,19H2,1H3;1H/t13-,14?;/m0./s1. The summed E-state index contributed by atoms with van der Waals surface area (Å²) in [5.41, 5.74) is 6.43. The minimum atomic E-state index is -0.560. The van der Waals surface area contributed by atoms with E-state index in [1.807, 2.05) is 6.26 Å². The number of morpholine rings is 1. The number of nitrogens with two attached hydrogens (primary N) is 1. The van der Waals surface area contributed by atoms with Gasteiger partial charge >= 0.3 is 0 Å². The number of hydrogen-bond acceptors (Lipinski definition) is 4. The van der Waals surface area contributed by atoms with Crippen LogP contribution in [-0.2, 0) is 9.53 Å². The van der Waals surface area contributed by atoms with Gasteiger partial charge in [0.15, 0.2) is 0 Å². The zero-order valence-corrected chi connectivity index (χ0v) is 16.3. The van der Waals surface area contributed by atoms with Gasteiger partial charge in [-0.25, -0.2) is 4.39 Å². The third kappa shape index (κ3) is 5.38. The second-order valence-corrected chi connectivity index (χ2v) is 7.12. The van der Waals surface area contributed by atoms with Crippen LogP contribution >= 0.6 is 47.4 Å². The van der Waals surface area contributed by atoms with Crippen molar-refractivity contribution in [2.45, 2.75) is 18.6 Å². The van der Waals surface area contributed by atoms with Crippen LogP contribution in [0.5, 0.6) is 0 Å². The van der Waals surface area contributed by atoms with E-state index in [2.05, 4.69) is 0 Å². The third-order valence-corrected chi connectivity index (χ3v) is 4.98. The summed E-state index contributed by atoms with van der Waals surface area (Å²) in [5, 5.41) is 0.281. The monoisotopic (exact) mass is 416 g/mol. The number of carbonyl (C=O) groups excluding carboxylic acids is 1. The summed E-state index contributed by atoms with van der Waals surface area (Å²) in [4.78, 5) is 14.0. The molecule has 1 aliphatic heterocycles. The molecule has 2 N–H and O–H groups in total. The molecule has 9 heteroatoms. The van der Waals surface area contributed by atoms with E-state index in [9.17, 15) is 9.18 Å². The van der Waals surface area contributed by atoms with Crippen molar-refractivity contribution in [1.29, 1.82) is 0 Å². The Morgan fingerprint density at radius 1 is 1.50 bits per heavy atom. The zero-order chi connectivity index (χ0) is 17.0. The number of amides is 1. The van der Waals surface area contributed by atoms with Crippen molar-refractivity contribution in [2.24, 2.45) is 5.73 Å². The molecule has 0 spiro atoms. The topological polar surface area (TPSA) is 55.6 Å². The van der Waals surface area contributed by atoms with Crippen LogP contribution in [0.2, 0.25) is 10.0 Å². The quantitative estimate of drug-likeness (QED) is 0.745. The summed E-state index contributed by atoms with van der Waals surface area (Å²) >= 11 is 13.5. The molecule has 4 nitrogen and oxygen atoms in total. The minimum absolute atomic E-state index is 0. The second kappa shape index (κ2) is 10.0. The van der Waals surface area contributed by atoms with E-state index in [0.717, 1.165) is 5.75 Å². The highest BCUT2D eigenvalue weighted by molar-refractivity contribution is 7.98. The molecule has 1 amide bonds. The van der Waals surface area contributed by atoms with E-state index in [-0.39, 0.29) is 23.3 Å². The first-order chi connectivity index (χ1) is 10.9. The largest absolute Gasteiger partial charge is 0.370 e. The first-order valence-electron chi connectivity index (χ1n) is 7.23. The molecule has 2 atom stereocenters. The van der Waals surface area contributed by atoms with Gasteiger partial charge in [-0.05, 0) is 30.6 Å². The van der Waals surface area contributed by atoms with Crippen molar-refractivity contribution in [3.63, 3.8) is 0 Å². The first-order valence-corrected chi connectivity index (χ1v) is 9.38. The Bertz CT molecular complexity index is 580. The molecule has 24 heavy (non-hydrogen) atoms. The van der Waals surface area contributed by atoms with Gasteiger partial charge in [0.1, 0.15) is 11.9 Å². The van der Waals surface area contributed by atoms with E-state index in [1.54, 1.807) is 16.7 Å². The van der Waals surface area contributed by atoms with Gasteiger partial charge < -0.3 is 15.4 Å². The van der Waals surface area contributed by atoms with Crippen molar-refractivity contribution in [2.75, 3.05) is 31.7 Å². The van der Waals surface area contributed by atoms with Crippen LogP contribution in [0.15, 0.2) is 12.1 Å². The van der Waals surface area contributed by atoms with E-state index >= 15 is 0 Å². The van der Waals surface area contributed by atoms with Gasteiger partial charge in [0.05, 0.1) is 24.2 Å². The molecule has 1 saturated heterocycles. The van der Waals surface area contributed by atoms with Crippen LogP contribution in [0.3, 0.4) is 0 Å². The van der Waals surface area contributed by atoms with Crippen molar-refractivity contribution in [3.05, 3.63) is 33.6 Å². The van der Waals surface area contributed by atoms with Gasteiger partial charge in [0.25, 0.3) is 0 Å². The molecule has 1 heterocycles. The van der Waals surface area contributed by atoms with Gasteiger partial charge in [-0.1, -0.05) is 23.2 Å². The Labute approximate surface area is 161 Å². The lowest BCUT2D eigenvalue weighted by Gasteiger charge is -2.35. The highest BCUT2D eigenvalue weighted by atomic mass is 35.5. The van der Waals surface area contributed by atoms with Gasteiger partial charge in [-0.2, -0.15) is 11.8 Å². The van der Waals surface area contributed by atoms with Gasteiger partial charge in [-0.3, -0.25) is 4.79 Å². The van der Waals surface area contributed by atoms with Gasteiger partial charge in [-0.15, -0.1) is 12.4 Å². The number of benzene rings is 1. The second-order valence-electron chi connectivity index (χ2n) is 5.32. The van der Waals surface area contributed by atoms with Crippen LogP contribution in [0, 0.1) is 5.82 Å². The number of thioether (sulfide) groups is 1. The predicted octanol–water partition coefficient (Wildman–Crippen LogP) is 3.53. The van der Waals surface area contributed by atoms with Gasteiger partial charge in [0.2, 0.25) is 5.91 Å². The average Bonchev–Trinajstić information content (AvgIpc) is 2.55. The summed E-state index contributed by atoms with van der Waals surface area (Å²) in [5.74, 6) is 0.155. The molecular formula is C15H20Cl3FN2O2S. The Morgan fingerprint density at radius 3 is 2.88 bits per heavy atom. The van der Waals surface area contributed by atoms with Crippen LogP contribution in [0.1, 0.15) is 18.1 Å². The number of rotatable bonds is 5. The van der Waals surface area contributed by atoms with Crippen LogP contribution < -0.4 is 5.73 Å². The Balaban J connectivity index is 0.00000288. The highest BCUT2D eigenvalue weighted by Crippen LogP contribution is 2.32. The van der Waals surface area contributed by atoms with Crippen LogP contribution in [-0.4, -0.2) is 48.6 Å². The maximum Gasteiger partial charge on any atom is 0.239 e. The zero-order valence-electron chi connectivity index (χ0n) is 13.1. The van der Waals surface area contributed by atoms with Crippen molar-refractivity contribution >= 4 is 53.3 Å². The van der Waals surface area contributed by atoms with Crippen LogP contribution in [0.25, 0.3) is 0 Å². The minimum Gasteiger partial charge on any atom is -0.370 e. The highest BCUT2D eigenvalue weighted by Gasteiger charge is 2.29. The third-order valence-electron chi connectivity index (χ3n) is 3.71. The lowest BCUT2D eigenvalue weighted by atomic mass is 10.1. The number of nitrogens with zero attached hydrogens (tertiary/aromatic N) is 1. The Morgan fingerprint density at radius 2 is 2.21 bits per heavy atom. The fourth-order valence-electron chi connectivity index (χ4n) is 2.43. The molecule has 0 bridgehead atoms. The normalized spacial score (nSPS) is 18.9. The van der Waals surface area contributed by atoms with E-state index in [1.165, 1.54) is 12.1 Å². The van der Waals surface area contributed by atoms with E-state index in [0.29, 0.717) is 36.7 Å². The molecule has 1 aromatic rings. The molecule has 2 rings (SSSR count). The summed E-state index contributed by atoms with van der Waals surface area (Å²) < 4.78 is 19.3. The molecule has 0 aromatic heterocycles. The lowest BCUT2D eigenvalue weighted by molar-refractivity contribution is -0.140. The van der Waals surface area contributed by atoms with Crippen molar-refractivity contribution in [3.8, 4) is 0 Å². The number of halogens is 4. The first kappa shape index (κ1) is 21.8. The molecule has 0 saturated carbocycles. The summed E-state index contributed by atoms with van der Waals surface area (Å²) in [6, 6.07) is 2.08. The summed E-state index contributed by atoms with van der Waals surface area (Å²) in [6.07, 6.45) is 2.11. The molecule has 0 aliphatic carbocycles. The Hall–Kier alpha value is -0.240.